The molecule has 1 heterocycles. The van der Waals surface area contributed by atoms with Crippen molar-refractivity contribution in [2.75, 3.05) is 13.2 Å². The number of hydrogen-bond acceptors (Lipinski definition) is 2. The molecule has 16 heavy (non-hydrogen) atoms. The summed E-state index contributed by atoms with van der Waals surface area (Å²) in [6.45, 7) is 1.11. The van der Waals surface area contributed by atoms with Crippen molar-refractivity contribution in [3.05, 3.63) is 41.7 Å². The summed E-state index contributed by atoms with van der Waals surface area (Å²) < 4.78 is 18.1. The van der Waals surface area contributed by atoms with Gasteiger partial charge in [0.25, 0.3) is 0 Å². The van der Waals surface area contributed by atoms with Crippen molar-refractivity contribution in [2.24, 2.45) is 0 Å². The van der Waals surface area contributed by atoms with Crippen LogP contribution in [0.15, 0.2) is 30.3 Å². The van der Waals surface area contributed by atoms with Crippen molar-refractivity contribution in [1.29, 1.82) is 0 Å². The molecule has 0 aliphatic carbocycles. The Kier molecular flexibility index (Phi) is 3.31. The molecule has 0 spiro atoms. The van der Waals surface area contributed by atoms with Crippen LogP contribution in [0.4, 0.5) is 4.39 Å². The molecule has 1 aliphatic rings. The van der Waals surface area contributed by atoms with Gasteiger partial charge in [0.1, 0.15) is 5.82 Å². The first-order chi connectivity index (χ1) is 7.75. The third-order valence-electron chi connectivity index (χ3n) is 2.30. The van der Waals surface area contributed by atoms with Gasteiger partial charge in [0, 0.05) is 11.6 Å². The number of benzene rings is 1. The predicted octanol–water partition coefficient (Wildman–Crippen LogP) is 1.35. The van der Waals surface area contributed by atoms with Gasteiger partial charge in [-0.15, -0.1) is 0 Å². The first kappa shape index (κ1) is 10.8. The van der Waals surface area contributed by atoms with Crippen LogP contribution >= 0.6 is 0 Å². The van der Waals surface area contributed by atoms with Crippen LogP contribution in [0, 0.1) is 5.82 Å². The summed E-state index contributed by atoms with van der Waals surface area (Å²) in [7, 11) is 0. The summed E-state index contributed by atoms with van der Waals surface area (Å²) in [5.41, 5.74) is 0.405. The SMILES string of the molecule is O=C(C=Cc1ccccc1F)NC1COC1. The quantitative estimate of drug-likeness (QED) is 0.782. The molecular weight excluding hydrogens is 209 g/mol. The summed E-state index contributed by atoms with van der Waals surface area (Å²) in [4.78, 5) is 11.4. The zero-order valence-electron chi connectivity index (χ0n) is 8.65. The zero-order chi connectivity index (χ0) is 11.4. The third-order valence-corrected chi connectivity index (χ3v) is 2.30. The van der Waals surface area contributed by atoms with Crippen molar-refractivity contribution >= 4 is 12.0 Å². The first-order valence-corrected chi connectivity index (χ1v) is 5.06. The van der Waals surface area contributed by atoms with E-state index in [2.05, 4.69) is 5.32 Å². The van der Waals surface area contributed by atoms with E-state index < -0.39 is 0 Å². The van der Waals surface area contributed by atoms with Gasteiger partial charge in [0.15, 0.2) is 0 Å². The molecule has 4 heteroatoms. The molecule has 1 fully saturated rings. The average molecular weight is 221 g/mol. The first-order valence-electron chi connectivity index (χ1n) is 5.06. The van der Waals surface area contributed by atoms with E-state index in [9.17, 15) is 9.18 Å². The van der Waals surface area contributed by atoms with E-state index in [1.54, 1.807) is 18.2 Å². The van der Waals surface area contributed by atoms with E-state index in [-0.39, 0.29) is 17.8 Å². The molecule has 0 saturated carbocycles. The van der Waals surface area contributed by atoms with Gasteiger partial charge >= 0.3 is 0 Å². The van der Waals surface area contributed by atoms with Gasteiger partial charge < -0.3 is 10.1 Å². The Labute approximate surface area is 92.9 Å². The van der Waals surface area contributed by atoms with Gasteiger partial charge in [-0.25, -0.2) is 4.39 Å². The zero-order valence-corrected chi connectivity index (χ0v) is 8.65. The lowest BCUT2D eigenvalue weighted by Crippen LogP contribution is -2.48. The second kappa shape index (κ2) is 4.90. The van der Waals surface area contributed by atoms with Gasteiger partial charge in [-0.3, -0.25) is 4.79 Å². The molecule has 1 aliphatic heterocycles. The number of nitrogens with one attached hydrogen (secondary N) is 1. The minimum atomic E-state index is -0.335. The topological polar surface area (TPSA) is 38.3 Å². The van der Waals surface area contributed by atoms with Crippen LogP contribution in [0.3, 0.4) is 0 Å². The Bertz CT molecular complexity index is 413. The van der Waals surface area contributed by atoms with E-state index in [0.717, 1.165) is 0 Å². The van der Waals surface area contributed by atoms with Crippen molar-refractivity contribution in [3.63, 3.8) is 0 Å². The summed E-state index contributed by atoms with van der Waals surface area (Å²) >= 11 is 0. The van der Waals surface area contributed by atoms with Crippen LogP contribution < -0.4 is 5.32 Å². The maximum Gasteiger partial charge on any atom is 0.244 e. The summed E-state index contributed by atoms with van der Waals surface area (Å²) in [6, 6.07) is 6.40. The lowest BCUT2D eigenvalue weighted by atomic mass is 10.2. The Morgan fingerprint density at radius 2 is 2.19 bits per heavy atom. The smallest absolute Gasteiger partial charge is 0.244 e. The number of hydrogen-bond donors (Lipinski definition) is 1. The van der Waals surface area contributed by atoms with Gasteiger partial charge in [-0.1, -0.05) is 18.2 Å². The highest BCUT2D eigenvalue weighted by molar-refractivity contribution is 5.92. The van der Waals surface area contributed by atoms with Crippen LogP contribution in [-0.4, -0.2) is 25.2 Å². The molecule has 84 valence electrons. The van der Waals surface area contributed by atoms with E-state index >= 15 is 0 Å². The van der Waals surface area contributed by atoms with Gasteiger partial charge in [-0.2, -0.15) is 0 Å². The number of halogens is 1. The van der Waals surface area contributed by atoms with Crippen LogP contribution in [0.25, 0.3) is 6.08 Å². The average Bonchev–Trinajstić information content (AvgIpc) is 2.22. The molecule has 1 saturated heterocycles. The second-order valence-electron chi connectivity index (χ2n) is 3.60. The molecule has 2 rings (SSSR count). The molecule has 0 bridgehead atoms. The number of carbonyl (C=O) groups excluding carboxylic acids is 1. The van der Waals surface area contributed by atoms with Crippen molar-refractivity contribution in [3.8, 4) is 0 Å². The highest BCUT2D eigenvalue weighted by atomic mass is 19.1. The van der Waals surface area contributed by atoms with Gasteiger partial charge in [-0.05, 0) is 12.1 Å². The van der Waals surface area contributed by atoms with Crippen molar-refractivity contribution in [2.45, 2.75) is 6.04 Å². The number of carbonyl (C=O) groups is 1. The van der Waals surface area contributed by atoms with Crippen LogP contribution in [0.5, 0.6) is 0 Å². The fourth-order valence-electron chi connectivity index (χ4n) is 1.34. The van der Waals surface area contributed by atoms with E-state index in [1.165, 1.54) is 18.2 Å². The van der Waals surface area contributed by atoms with E-state index in [4.69, 9.17) is 4.74 Å². The van der Waals surface area contributed by atoms with Crippen molar-refractivity contribution in [1.82, 2.24) is 5.32 Å². The van der Waals surface area contributed by atoms with E-state index in [0.29, 0.717) is 18.8 Å². The largest absolute Gasteiger partial charge is 0.377 e. The molecule has 1 aromatic rings. The summed E-state index contributed by atoms with van der Waals surface area (Å²) in [5.74, 6) is -0.560. The fraction of sp³-hybridized carbons (Fsp3) is 0.250. The molecule has 1 N–H and O–H groups in total. The normalized spacial score (nSPS) is 16.1. The minimum absolute atomic E-state index is 0.0952. The number of rotatable bonds is 3. The minimum Gasteiger partial charge on any atom is -0.377 e. The van der Waals surface area contributed by atoms with Gasteiger partial charge in [0.2, 0.25) is 5.91 Å². The highest BCUT2D eigenvalue weighted by Gasteiger charge is 2.18. The predicted molar refractivity (Wildman–Crippen MR) is 58.2 cm³/mol. The molecule has 1 amide bonds. The van der Waals surface area contributed by atoms with E-state index in [1.807, 2.05) is 0 Å². The van der Waals surface area contributed by atoms with Crippen LogP contribution in [0.2, 0.25) is 0 Å². The monoisotopic (exact) mass is 221 g/mol. The Balaban J connectivity index is 1.92. The fourth-order valence-corrected chi connectivity index (χ4v) is 1.34. The standard InChI is InChI=1S/C12H12FNO2/c13-11-4-2-1-3-9(11)5-6-12(15)14-10-7-16-8-10/h1-6,10H,7-8H2,(H,14,15). The molecule has 0 radical (unpaired) electrons. The van der Waals surface area contributed by atoms with Crippen molar-refractivity contribution < 1.29 is 13.9 Å². The maximum atomic E-state index is 13.2. The number of ether oxygens (including phenoxy) is 1. The highest BCUT2D eigenvalue weighted by Crippen LogP contribution is 2.08. The molecule has 1 aromatic carbocycles. The molecule has 0 atom stereocenters. The number of amides is 1. The Hall–Kier alpha value is -1.68. The van der Waals surface area contributed by atoms with Gasteiger partial charge in [0.05, 0.1) is 19.3 Å². The Morgan fingerprint density at radius 1 is 1.44 bits per heavy atom. The second-order valence-corrected chi connectivity index (χ2v) is 3.60. The maximum absolute atomic E-state index is 13.2. The molecule has 0 unspecified atom stereocenters. The third kappa shape index (κ3) is 2.67. The molecule has 0 aromatic heterocycles. The Morgan fingerprint density at radius 3 is 2.81 bits per heavy atom. The molecular formula is C12H12FNO2. The lowest BCUT2D eigenvalue weighted by Gasteiger charge is -2.26. The lowest BCUT2D eigenvalue weighted by molar-refractivity contribution is -0.120. The summed E-state index contributed by atoms with van der Waals surface area (Å²) in [5, 5.41) is 2.73. The van der Waals surface area contributed by atoms with Crippen LogP contribution in [-0.2, 0) is 9.53 Å². The van der Waals surface area contributed by atoms with Crippen LogP contribution in [0.1, 0.15) is 5.56 Å². The molecule has 3 nitrogen and oxygen atoms in total. The summed E-state index contributed by atoms with van der Waals surface area (Å²) in [6.07, 6.45) is 2.79.